The second-order valence-corrected chi connectivity index (χ2v) is 10.1. The Hall–Kier alpha value is -2.22. The van der Waals surface area contributed by atoms with E-state index >= 15 is 0 Å². The second kappa shape index (κ2) is 8.49. The highest BCUT2D eigenvalue weighted by molar-refractivity contribution is 7.89. The molecular weight excluding hydrogens is 400 g/mol. The van der Waals surface area contributed by atoms with Crippen LogP contribution in [0.5, 0.6) is 0 Å². The first kappa shape index (κ1) is 21.0. The summed E-state index contributed by atoms with van der Waals surface area (Å²) in [4.78, 5) is 13.0. The molecule has 2 aliphatic rings. The number of fused-ring (bicyclic) bond motifs is 1. The molecule has 1 heterocycles. The number of aryl methyl sites for hydroxylation is 1. The van der Waals surface area contributed by atoms with Gasteiger partial charge in [-0.1, -0.05) is 12.1 Å². The van der Waals surface area contributed by atoms with Crippen LogP contribution in [0.1, 0.15) is 48.2 Å². The number of nitrogens with one attached hydrogen (secondary N) is 1. The fraction of sp³-hybridized carbons (Fsp3) is 0.435. The van der Waals surface area contributed by atoms with Crippen molar-refractivity contribution in [1.82, 2.24) is 4.31 Å². The van der Waals surface area contributed by atoms with Gasteiger partial charge in [0.1, 0.15) is 0 Å². The first-order valence-corrected chi connectivity index (χ1v) is 12.0. The molecule has 2 aromatic rings. The SMILES string of the molecule is C[C@@H]1CN(S(=O)(=O)c2ccc(C(=O)Nc3cccc4c3CCCC4)cc2)C[C@H](C)O1. The largest absolute Gasteiger partial charge is 0.373 e. The lowest BCUT2D eigenvalue weighted by Crippen LogP contribution is -2.48. The normalized spacial score (nSPS) is 22.3. The molecule has 1 N–H and O–H groups in total. The van der Waals surface area contributed by atoms with Gasteiger partial charge in [-0.3, -0.25) is 4.79 Å². The van der Waals surface area contributed by atoms with E-state index in [2.05, 4.69) is 11.4 Å². The third kappa shape index (κ3) is 4.29. The topological polar surface area (TPSA) is 75.7 Å². The number of benzene rings is 2. The van der Waals surface area contributed by atoms with Crippen molar-refractivity contribution in [2.75, 3.05) is 18.4 Å². The Morgan fingerprint density at radius 3 is 2.37 bits per heavy atom. The summed E-state index contributed by atoms with van der Waals surface area (Å²) in [5, 5.41) is 3.00. The highest BCUT2D eigenvalue weighted by Gasteiger charge is 2.32. The van der Waals surface area contributed by atoms with Gasteiger partial charge in [-0.2, -0.15) is 4.31 Å². The van der Waals surface area contributed by atoms with Crippen LogP contribution in [0.2, 0.25) is 0 Å². The number of sulfonamides is 1. The lowest BCUT2D eigenvalue weighted by Gasteiger charge is -2.34. The van der Waals surface area contributed by atoms with Gasteiger partial charge >= 0.3 is 0 Å². The molecule has 2 aromatic carbocycles. The number of rotatable bonds is 4. The monoisotopic (exact) mass is 428 g/mol. The summed E-state index contributed by atoms with van der Waals surface area (Å²) in [6.07, 6.45) is 4.03. The van der Waals surface area contributed by atoms with Crippen LogP contribution in [0.3, 0.4) is 0 Å². The lowest BCUT2D eigenvalue weighted by molar-refractivity contribution is -0.0440. The second-order valence-electron chi connectivity index (χ2n) is 8.21. The fourth-order valence-corrected chi connectivity index (χ4v) is 5.94. The highest BCUT2D eigenvalue weighted by Crippen LogP contribution is 2.28. The average Bonchev–Trinajstić information content (AvgIpc) is 2.73. The molecule has 0 aromatic heterocycles. The number of anilines is 1. The Morgan fingerprint density at radius 2 is 1.67 bits per heavy atom. The predicted octanol–water partition coefficient (Wildman–Crippen LogP) is 3.62. The van der Waals surface area contributed by atoms with Gasteiger partial charge in [0, 0.05) is 24.3 Å². The quantitative estimate of drug-likeness (QED) is 0.807. The average molecular weight is 429 g/mol. The number of ether oxygens (including phenoxy) is 1. The molecule has 1 fully saturated rings. The summed E-state index contributed by atoms with van der Waals surface area (Å²) in [5.41, 5.74) is 3.80. The fourth-order valence-electron chi connectivity index (χ4n) is 4.35. The van der Waals surface area contributed by atoms with Crippen LogP contribution in [-0.4, -0.2) is 43.9 Å². The Labute approximate surface area is 178 Å². The zero-order chi connectivity index (χ0) is 21.3. The maximum absolute atomic E-state index is 13.0. The van der Waals surface area contributed by atoms with E-state index in [1.165, 1.54) is 34.0 Å². The summed E-state index contributed by atoms with van der Waals surface area (Å²) in [7, 11) is -3.62. The van der Waals surface area contributed by atoms with Crippen LogP contribution >= 0.6 is 0 Å². The number of morpholine rings is 1. The number of amides is 1. The number of carbonyl (C=O) groups is 1. The van der Waals surface area contributed by atoms with Gasteiger partial charge in [-0.05, 0) is 81.0 Å². The summed E-state index contributed by atoms with van der Waals surface area (Å²) < 4.78 is 33.1. The molecule has 0 spiro atoms. The van der Waals surface area contributed by atoms with Gasteiger partial charge < -0.3 is 10.1 Å². The van der Waals surface area contributed by atoms with Crippen LogP contribution in [0, 0.1) is 0 Å². The molecule has 0 radical (unpaired) electrons. The van der Waals surface area contributed by atoms with Crippen LogP contribution < -0.4 is 5.32 Å². The molecule has 1 aliphatic heterocycles. The van der Waals surface area contributed by atoms with Crippen molar-refractivity contribution < 1.29 is 17.9 Å². The molecule has 30 heavy (non-hydrogen) atoms. The van der Waals surface area contributed by atoms with E-state index in [0.717, 1.165) is 24.9 Å². The number of nitrogens with zero attached hydrogens (tertiary/aromatic N) is 1. The summed E-state index contributed by atoms with van der Waals surface area (Å²) in [6, 6.07) is 12.2. The van der Waals surface area contributed by atoms with Gasteiger partial charge in [-0.15, -0.1) is 0 Å². The van der Waals surface area contributed by atoms with E-state index in [4.69, 9.17) is 4.74 Å². The van der Waals surface area contributed by atoms with Gasteiger partial charge in [0.25, 0.3) is 5.91 Å². The standard InChI is InChI=1S/C23H28N2O4S/c1-16-14-25(15-17(2)29-16)30(27,28)20-12-10-19(11-13-20)23(26)24-22-9-5-7-18-6-3-4-8-21(18)22/h5,7,9-13,16-17H,3-4,6,8,14-15H2,1-2H3,(H,24,26)/t16-,17+. The highest BCUT2D eigenvalue weighted by atomic mass is 32.2. The maximum Gasteiger partial charge on any atom is 0.255 e. The number of hydrogen-bond donors (Lipinski definition) is 1. The molecule has 4 rings (SSSR count). The molecule has 0 bridgehead atoms. The minimum Gasteiger partial charge on any atom is -0.373 e. The lowest BCUT2D eigenvalue weighted by atomic mass is 9.90. The van der Waals surface area contributed by atoms with Crippen LogP contribution in [0.15, 0.2) is 47.4 Å². The third-order valence-corrected chi connectivity index (χ3v) is 7.63. The van der Waals surface area contributed by atoms with Crippen LogP contribution in [-0.2, 0) is 27.6 Å². The van der Waals surface area contributed by atoms with Gasteiger partial charge in [0.05, 0.1) is 17.1 Å². The van der Waals surface area contributed by atoms with Crippen LogP contribution in [0.25, 0.3) is 0 Å². The van der Waals surface area contributed by atoms with E-state index in [0.29, 0.717) is 18.7 Å². The molecule has 0 saturated carbocycles. The van der Waals surface area contributed by atoms with E-state index in [1.54, 1.807) is 12.1 Å². The van der Waals surface area contributed by atoms with Gasteiger partial charge in [0.2, 0.25) is 10.0 Å². The molecule has 1 amide bonds. The molecule has 2 atom stereocenters. The van der Waals surface area contributed by atoms with E-state index in [9.17, 15) is 13.2 Å². The maximum atomic E-state index is 13.0. The molecule has 160 valence electrons. The predicted molar refractivity (Wildman–Crippen MR) is 116 cm³/mol. The first-order valence-electron chi connectivity index (χ1n) is 10.5. The minimum atomic E-state index is -3.62. The third-order valence-electron chi connectivity index (χ3n) is 5.78. The van der Waals surface area contributed by atoms with E-state index < -0.39 is 10.0 Å². The van der Waals surface area contributed by atoms with Crippen LogP contribution in [0.4, 0.5) is 5.69 Å². The smallest absolute Gasteiger partial charge is 0.255 e. The van der Waals surface area contributed by atoms with Gasteiger partial charge in [-0.25, -0.2) is 8.42 Å². The molecule has 7 heteroatoms. The molecule has 1 aliphatic carbocycles. The molecule has 6 nitrogen and oxygen atoms in total. The van der Waals surface area contributed by atoms with Crippen molar-refractivity contribution in [3.05, 3.63) is 59.2 Å². The van der Waals surface area contributed by atoms with Gasteiger partial charge in [0.15, 0.2) is 0 Å². The van der Waals surface area contributed by atoms with E-state index in [1.807, 2.05) is 26.0 Å². The van der Waals surface area contributed by atoms with Crippen molar-refractivity contribution >= 4 is 21.6 Å². The Kier molecular flexibility index (Phi) is 5.95. The number of carbonyl (C=O) groups excluding carboxylic acids is 1. The summed E-state index contributed by atoms with van der Waals surface area (Å²) >= 11 is 0. The Morgan fingerprint density at radius 1 is 1.00 bits per heavy atom. The Bertz CT molecular complexity index is 1020. The van der Waals surface area contributed by atoms with Crippen molar-refractivity contribution in [1.29, 1.82) is 0 Å². The zero-order valence-electron chi connectivity index (χ0n) is 17.4. The molecule has 1 saturated heterocycles. The summed E-state index contributed by atoms with van der Waals surface area (Å²) in [6.45, 7) is 4.39. The van der Waals surface area contributed by atoms with Crippen molar-refractivity contribution in [2.24, 2.45) is 0 Å². The number of hydrogen-bond acceptors (Lipinski definition) is 4. The van der Waals surface area contributed by atoms with Crippen molar-refractivity contribution in [2.45, 2.75) is 56.6 Å². The summed E-state index contributed by atoms with van der Waals surface area (Å²) in [5.74, 6) is -0.230. The molecule has 0 unspecified atom stereocenters. The molecular formula is C23H28N2O4S. The zero-order valence-corrected chi connectivity index (χ0v) is 18.2. The van der Waals surface area contributed by atoms with Crippen molar-refractivity contribution in [3.63, 3.8) is 0 Å². The Balaban J connectivity index is 1.50. The minimum absolute atomic E-state index is 0.148. The first-order chi connectivity index (χ1) is 14.3. The van der Waals surface area contributed by atoms with E-state index in [-0.39, 0.29) is 23.0 Å². The van der Waals surface area contributed by atoms with Crippen molar-refractivity contribution in [3.8, 4) is 0 Å².